The largest absolute Gasteiger partial charge is 0.492 e. The number of aromatic amines is 1. The number of nitrogens with one attached hydrogen (secondary N) is 1. The molecule has 1 aromatic carbocycles. The van der Waals surface area contributed by atoms with Crippen LogP contribution < -0.4 is 16.0 Å². The highest BCUT2D eigenvalue weighted by molar-refractivity contribution is 5.95. The van der Waals surface area contributed by atoms with E-state index in [1.54, 1.807) is 30.6 Å². The molecule has 1 aliphatic heterocycles. The van der Waals surface area contributed by atoms with Gasteiger partial charge in [-0.25, -0.2) is 0 Å². The average Bonchev–Trinajstić information content (AvgIpc) is 2.63. The number of carbonyl (C=O) groups excluding carboxylic acids is 1. The lowest BCUT2D eigenvalue weighted by Gasteiger charge is -2.31. The highest BCUT2D eigenvalue weighted by Gasteiger charge is 2.21. The third-order valence-electron chi connectivity index (χ3n) is 4.49. The van der Waals surface area contributed by atoms with Gasteiger partial charge in [0.2, 0.25) is 0 Å². The monoisotopic (exact) mass is 342 g/mol. The molecular formula is C18H22N4O3. The number of para-hydroxylation sites is 1. The lowest BCUT2D eigenvalue weighted by Crippen LogP contribution is -2.36. The van der Waals surface area contributed by atoms with Crippen LogP contribution in [0.15, 0.2) is 41.5 Å². The Hall–Kier alpha value is -2.67. The van der Waals surface area contributed by atoms with E-state index in [9.17, 15) is 9.59 Å². The molecule has 2 heterocycles. The van der Waals surface area contributed by atoms with Gasteiger partial charge in [0.25, 0.3) is 11.5 Å². The van der Waals surface area contributed by atoms with Crippen LogP contribution in [0.1, 0.15) is 28.9 Å². The van der Waals surface area contributed by atoms with Crippen LogP contribution in [0.3, 0.4) is 0 Å². The molecule has 0 radical (unpaired) electrons. The van der Waals surface area contributed by atoms with Gasteiger partial charge in [-0.05, 0) is 44.0 Å². The zero-order valence-corrected chi connectivity index (χ0v) is 14.0. The first-order valence-corrected chi connectivity index (χ1v) is 8.40. The summed E-state index contributed by atoms with van der Waals surface area (Å²) in [5, 5.41) is 0. The van der Waals surface area contributed by atoms with Gasteiger partial charge in [-0.15, -0.1) is 0 Å². The highest BCUT2D eigenvalue weighted by Crippen LogP contribution is 2.22. The predicted molar refractivity (Wildman–Crippen MR) is 93.3 cm³/mol. The van der Waals surface area contributed by atoms with E-state index in [4.69, 9.17) is 10.5 Å². The Morgan fingerprint density at radius 3 is 2.80 bits per heavy atom. The maximum absolute atomic E-state index is 11.7. The topological polar surface area (TPSA) is 101 Å². The number of rotatable bonds is 6. The van der Waals surface area contributed by atoms with Crippen molar-refractivity contribution in [3.63, 3.8) is 0 Å². The van der Waals surface area contributed by atoms with Crippen molar-refractivity contribution in [2.45, 2.75) is 19.4 Å². The van der Waals surface area contributed by atoms with Crippen LogP contribution in [0.25, 0.3) is 0 Å². The summed E-state index contributed by atoms with van der Waals surface area (Å²) < 4.78 is 5.82. The summed E-state index contributed by atoms with van der Waals surface area (Å²) in [6.07, 6.45) is 5.10. The maximum Gasteiger partial charge on any atom is 0.270 e. The molecule has 0 unspecified atom stereocenters. The second kappa shape index (κ2) is 7.94. The Balaban J connectivity index is 1.49. The van der Waals surface area contributed by atoms with Crippen molar-refractivity contribution in [3.05, 3.63) is 58.3 Å². The van der Waals surface area contributed by atoms with E-state index in [1.165, 1.54) is 0 Å². The molecule has 1 fully saturated rings. The van der Waals surface area contributed by atoms with Crippen molar-refractivity contribution in [2.75, 3.05) is 19.7 Å². The van der Waals surface area contributed by atoms with Gasteiger partial charge in [0.05, 0.1) is 12.2 Å². The molecule has 0 saturated carbocycles. The summed E-state index contributed by atoms with van der Waals surface area (Å²) in [4.78, 5) is 32.1. The molecule has 3 N–H and O–H groups in total. The average molecular weight is 342 g/mol. The number of benzene rings is 1. The van der Waals surface area contributed by atoms with E-state index < -0.39 is 5.91 Å². The van der Waals surface area contributed by atoms with Crippen molar-refractivity contribution >= 4 is 5.91 Å². The first-order chi connectivity index (χ1) is 12.1. The molecule has 1 saturated heterocycles. The van der Waals surface area contributed by atoms with Gasteiger partial charge < -0.3 is 15.5 Å². The molecule has 1 aliphatic rings. The second-order valence-corrected chi connectivity index (χ2v) is 6.26. The third-order valence-corrected chi connectivity index (χ3v) is 4.49. The predicted octanol–water partition coefficient (Wildman–Crippen LogP) is 1.16. The first kappa shape index (κ1) is 17.2. The fourth-order valence-corrected chi connectivity index (χ4v) is 3.02. The minimum Gasteiger partial charge on any atom is -0.492 e. The summed E-state index contributed by atoms with van der Waals surface area (Å²) in [6.45, 7) is 2.90. The van der Waals surface area contributed by atoms with Crippen LogP contribution >= 0.6 is 0 Å². The van der Waals surface area contributed by atoms with Crippen LogP contribution in [-0.4, -0.2) is 40.5 Å². The molecule has 3 rings (SSSR count). The minimum atomic E-state index is -0.481. The summed E-state index contributed by atoms with van der Waals surface area (Å²) in [7, 11) is 0. The normalized spacial score (nSPS) is 15.8. The number of piperidine rings is 1. The molecule has 1 aromatic heterocycles. The van der Waals surface area contributed by atoms with Gasteiger partial charge in [-0.1, -0.05) is 12.1 Å². The van der Waals surface area contributed by atoms with Crippen molar-refractivity contribution in [1.82, 2.24) is 14.9 Å². The zero-order chi connectivity index (χ0) is 17.6. The minimum absolute atomic E-state index is 0.129. The van der Waals surface area contributed by atoms with Crippen molar-refractivity contribution in [2.24, 2.45) is 11.7 Å². The SMILES string of the molecule is NC(=O)c1ccccc1OCC1CCN(Cc2ncc[nH]c2=O)CC1. The number of ether oxygens (including phenoxy) is 1. The number of hydrogen-bond donors (Lipinski definition) is 2. The molecule has 7 heteroatoms. The molecule has 0 spiro atoms. The van der Waals surface area contributed by atoms with Crippen LogP contribution in [-0.2, 0) is 6.54 Å². The van der Waals surface area contributed by atoms with Crippen molar-refractivity contribution < 1.29 is 9.53 Å². The molecule has 0 atom stereocenters. The van der Waals surface area contributed by atoms with Gasteiger partial charge in [0.15, 0.2) is 0 Å². The van der Waals surface area contributed by atoms with E-state index >= 15 is 0 Å². The lowest BCUT2D eigenvalue weighted by molar-refractivity contribution is 0.0991. The summed E-state index contributed by atoms with van der Waals surface area (Å²) in [5.74, 6) is 0.475. The highest BCUT2D eigenvalue weighted by atomic mass is 16.5. The number of primary amides is 1. The van der Waals surface area contributed by atoms with E-state index in [1.807, 2.05) is 6.07 Å². The molecule has 0 aliphatic carbocycles. The van der Waals surface area contributed by atoms with Gasteiger partial charge in [-0.3, -0.25) is 19.5 Å². The standard InChI is InChI=1S/C18H22N4O3/c19-17(23)14-3-1-2-4-16(14)25-12-13-5-9-22(10-6-13)11-15-18(24)21-8-7-20-15/h1-4,7-8,13H,5-6,9-12H2,(H2,19,23)(H,21,24). The molecule has 1 amide bonds. The number of H-pyrrole nitrogens is 1. The van der Waals surface area contributed by atoms with Gasteiger partial charge >= 0.3 is 0 Å². The fourth-order valence-electron chi connectivity index (χ4n) is 3.02. The van der Waals surface area contributed by atoms with Crippen molar-refractivity contribution in [3.8, 4) is 5.75 Å². The number of aromatic nitrogens is 2. The zero-order valence-electron chi connectivity index (χ0n) is 14.0. The van der Waals surface area contributed by atoms with Gasteiger partial charge in [-0.2, -0.15) is 0 Å². The number of hydrogen-bond acceptors (Lipinski definition) is 5. The lowest BCUT2D eigenvalue weighted by atomic mass is 9.97. The van der Waals surface area contributed by atoms with Crippen LogP contribution in [0.4, 0.5) is 0 Å². The third kappa shape index (κ3) is 4.45. The molecule has 132 valence electrons. The summed E-state index contributed by atoms with van der Waals surface area (Å²) in [5.41, 5.74) is 6.20. The number of nitrogens with two attached hydrogens (primary N) is 1. The maximum atomic E-state index is 11.7. The van der Waals surface area contributed by atoms with E-state index in [0.717, 1.165) is 25.9 Å². The van der Waals surface area contributed by atoms with E-state index in [-0.39, 0.29) is 5.56 Å². The molecule has 25 heavy (non-hydrogen) atoms. The second-order valence-electron chi connectivity index (χ2n) is 6.26. The Labute approximate surface area is 145 Å². The Bertz CT molecular complexity index is 782. The van der Waals surface area contributed by atoms with Gasteiger partial charge in [0, 0.05) is 18.9 Å². The van der Waals surface area contributed by atoms with Crippen LogP contribution in [0.5, 0.6) is 5.75 Å². The van der Waals surface area contributed by atoms with E-state index in [2.05, 4.69) is 14.9 Å². The Morgan fingerprint density at radius 2 is 2.08 bits per heavy atom. The summed E-state index contributed by atoms with van der Waals surface area (Å²) >= 11 is 0. The molecule has 0 bridgehead atoms. The number of carbonyl (C=O) groups is 1. The number of nitrogens with zero attached hydrogens (tertiary/aromatic N) is 2. The van der Waals surface area contributed by atoms with Gasteiger partial charge in [0.1, 0.15) is 11.4 Å². The molecule has 2 aromatic rings. The number of amides is 1. The van der Waals surface area contributed by atoms with Crippen LogP contribution in [0.2, 0.25) is 0 Å². The summed E-state index contributed by atoms with van der Waals surface area (Å²) in [6, 6.07) is 7.03. The Morgan fingerprint density at radius 1 is 1.32 bits per heavy atom. The molecular weight excluding hydrogens is 320 g/mol. The quantitative estimate of drug-likeness (QED) is 0.820. The smallest absolute Gasteiger partial charge is 0.270 e. The fraction of sp³-hybridized carbons (Fsp3) is 0.389. The van der Waals surface area contributed by atoms with E-state index in [0.29, 0.717) is 36.1 Å². The molecule has 7 nitrogen and oxygen atoms in total. The van der Waals surface area contributed by atoms with Crippen LogP contribution in [0, 0.1) is 5.92 Å². The Kier molecular flexibility index (Phi) is 5.45. The number of likely N-dealkylation sites (tertiary alicyclic amines) is 1. The first-order valence-electron chi connectivity index (χ1n) is 8.40. The van der Waals surface area contributed by atoms with Crippen molar-refractivity contribution in [1.29, 1.82) is 0 Å².